The molecule has 1 aliphatic rings. The van der Waals surface area contributed by atoms with Gasteiger partial charge in [0.05, 0.1) is 10.6 Å². The van der Waals surface area contributed by atoms with E-state index in [1.807, 2.05) is 0 Å². The molecule has 1 unspecified atom stereocenters. The summed E-state index contributed by atoms with van der Waals surface area (Å²) in [5, 5.41) is 1.70. The van der Waals surface area contributed by atoms with Crippen LogP contribution in [0.1, 0.15) is 31.1 Å². The highest BCUT2D eigenvalue weighted by atomic mass is 35.5. The lowest BCUT2D eigenvalue weighted by molar-refractivity contribution is -0.196. The quantitative estimate of drug-likeness (QED) is 0.899. The van der Waals surface area contributed by atoms with Crippen LogP contribution in [-0.2, 0) is 4.79 Å². The molecule has 1 aromatic carbocycles. The van der Waals surface area contributed by atoms with Crippen LogP contribution in [0.2, 0.25) is 5.02 Å². The van der Waals surface area contributed by atoms with E-state index in [9.17, 15) is 22.8 Å². The molecule has 0 saturated heterocycles. The van der Waals surface area contributed by atoms with Crippen LogP contribution < -0.4 is 5.32 Å². The number of amidine groups is 1. The number of halogens is 4. The third-order valence-electron chi connectivity index (χ3n) is 3.55. The Morgan fingerprint density at radius 3 is 2.38 bits per heavy atom. The number of carbonyl (C=O) groups excluding carboxylic acids is 2. The lowest BCUT2D eigenvalue weighted by Crippen LogP contribution is -2.64. The Kier molecular flexibility index (Phi) is 4.63. The standard InChI is InChI=1S/C15H15ClF3N3O2/c1-8(2)22-9(3)20-14(13(22)24,15(17,18)19)21-12(23)10-6-4-5-7-11(10)16/h4-8H,1-3H3,(H,21,23). The topological polar surface area (TPSA) is 61.8 Å². The molecular formula is C15H15ClF3N3O2. The minimum atomic E-state index is -5.11. The number of carbonyl (C=O) groups is 2. The predicted molar refractivity (Wildman–Crippen MR) is 82.8 cm³/mol. The summed E-state index contributed by atoms with van der Waals surface area (Å²) in [6, 6.07) is 5.07. The number of benzene rings is 1. The van der Waals surface area contributed by atoms with Crippen molar-refractivity contribution in [1.82, 2.24) is 10.2 Å². The van der Waals surface area contributed by atoms with Crippen LogP contribution in [-0.4, -0.2) is 40.4 Å². The monoisotopic (exact) mass is 361 g/mol. The lowest BCUT2D eigenvalue weighted by Gasteiger charge is -2.30. The SMILES string of the molecule is CC1=NC(NC(=O)c2ccccc2Cl)(C(F)(F)F)C(=O)N1C(C)C. The zero-order valence-corrected chi connectivity index (χ0v) is 13.9. The summed E-state index contributed by atoms with van der Waals surface area (Å²) in [4.78, 5) is 29.1. The van der Waals surface area contributed by atoms with E-state index in [1.54, 1.807) is 19.2 Å². The van der Waals surface area contributed by atoms with Crippen LogP contribution in [0.15, 0.2) is 29.3 Å². The molecule has 0 aliphatic carbocycles. The van der Waals surface area contributed by atoms with Gasteiger partial charge in [-0.2, -0.15) is 13.2 Å². The molecule has 1 heterocycles. The first-order valence-corrected chi connectivity index (χ1v) is 7.43. The smallest absolute Gasteiger partial charge is 0.312 e. The molecule has 2 rings (SSSR count). The Hall–Kier alpha value is -2.09. The van der Waals surface area contributed by atoms with Crippen LogP contribution in [0, 0.1) is 0 Å². The number of amides is 2. The number of nitrogens with one attached hydrogen (secondary N) is 1. The van der Waals surface area contributed by atoms with Crippen molar-refractivity contribution < 1.29 is 22.8 Å². The lowest BCUT2D eigenvalue weighted by atomic mass is 10.1. The van der Waals surface area contributed by atoms with Gasteiger partial charge < -0.3 is 5.32 Å². The van der Waals surface area contributed by atoms with E-state index in [0.717, 1.165) is 4.90 Å². The molecule has 0 radical (unpaired) electrons. The van der Waals surface area contributed by atoms with Crippen molar-refractivity contribution in [2.24, 2.45) is 4.99 Å². The van der Waals surface area contributed by atoms with Crippen LogP contribution in [0.5, 0.6) is 0 Å². The number of alkyl halides is 3. The van der Waals surface area contributed by atoms with E-state index >= 15 is 0 Å². The van der Waals surface area contributed by atoms with Gasteiger partial charge in [0.1, 0.15) is 5.84 Å². The van der Waals surface area contributed by atoms with Crippen molar-refractivity contribution in [3.8, 4) is 0 Å². The largest absolute Gasteiger partial charge is 0.442 e. The number of aliphatic imine (C=N–C) groups is 1. The van der Waals surface area contributed by atoms with Crippen molar-refractivity contribution in [2.75, 3.05) is 0 Å². The maximum atomic E-state index is 13.7. The first-order chi connectivity index (χ1) is 11.0. The van der Waals surface area contributed by atoms with Crippen molar-refractivity contribution in [3.63, 3.8) is 0 Å². The average Bonchev–Trinajstić information content (AvgIpc) is 2.70. The number of hydrogen-bond donors (Lipinski definition) is 1. The van der Waals surface area contributed by atoms with Gasteiger partial charge in [-0.3, -0.25) is 14.5 Å². The fourth-order valence-electron chi connectivity index (χ4n) is 2.49. The summed E-state index contributed by atoms with van der Waals surface area (Å²) in [5.74, 6) is -2.59. The Bertz CT molecular complexity index is 718. The Morgan fingerprint density at radius 1 is 1.33 bits per heavy atom. The maximum Gasteiger partial charge on any atom is 0.442 e. The van der Waals surface area contributed by atoms with Gasteiger partial charge in [-0.25, -0.2) is 4.99 Å². The minimum absolute atomic E-state index is 0.0285. The molecule has 0 bridgehead atoms. The molecule has 2 amide bonds. The third-order valence-corrected chi connectivity index (χ3v) is 3.88. The van der Waals surface area contributed by atoms with E-state index in [4.69, 9.17) is 11.6 Å². The molecule has 5 nitrogen and oxygen atoms in total. The molecule has 1 aliphatic heterocycles. The molecule has 1 aromatic rings. The fourth-order valence-corrected chi connectivity index (χ4v) is 2.71. The van der Waals surface area contributed by atoms with Crippen molar-refractivity contribution >= 4 is 29.3 Å². The normalized spacial score (nSPS) is 21.2. The van der Waals surface area contributed by atoms with E-state index in [2.05, 4.69) is 4.99 Å². The Balaban J connectivity index is 2.47. The summed E-state index contributed by atoms with van der Waals surface area (Å²) in [6.45, 7) is 4.39. The number of nitrogens with zero attached hydrogens (tertiary/aromatic N) is 2. The molecular weight excluding hydrogens is 347 g/mol. The molecule has 1 N–H and O–H groups in total. The molecule has 130 valence electrons. The summed E-state index contributed by atoms with van der Waals surface area (Å²) in [6.07, 6.45) is -5.11. The van der Waals surface area contributed by atoms with E-state index in [1.165, 1.54) is 31.2 Å². The summed E-state index contributed by atoms with van der Waals surface area (Å²) in [7, 11) is 0. The molecule has 24 heavy (non-hydrogen) atoms. The van der Waals surface area contributed by atoms with E-state index in [0.29, 0.717) is 0 Å². The average molecular weight is 362 g/mol. The van der Waals surface area contributed by atoms with Gasteiger partial charge in [0.15, 0.2) is 0 Å². The van der Waals surface area contributed by atoms with Gasteiger partial charge >= 0.3 is 11.8 Å². The zero-order valence-electron chi connectivity index (χ0n) is 13.1. The molecule has 0 aromatic heterocycles. The summed E-state index contributed by atoms with van der Waals surface area (Å²) < 4.78 is 41.0. The van der Waals surface area contributed by atoms with Crippen LogP contribution in [0.4, 0.5) is 13.2 Å². The van der Waals surface area contributed by atoms with Crippen molar-refractivity contribution in [2.45, 2.75) is 38.7 Å². The second kappa shape index (κ2) is 6.08. The first-order valence-electron chi connectivity index (χ1n) is 7.05. The molecule has 0 saturated carbocycles. The molecule has 0 spiro atoms. The molecule has 9 heteroatoms. The van der Waals surface area contributed by atoms with Crippen molar-refractivity contribution in [1.29, 1.82) is 0 Å². The van der Waals surface area contributed by atoms with Gasteiger partial charge in [0, 0.05) is 6.04 Å². The zero-order chi connectivity index (χ0) is 18.3. The van der Waals surface area contributed by atoms with Gasteiger partial charge in [-0.05, 0) is 32.9 Å². The van der Waals surface area contributed by atoms with Crippen LogP contribution in [0.3, 0.4) is 0 Å². The van der Waals surface area contributed by atoms with Gasteiger partial charge in [-0.1, -0.05) is 23.7 Å². The third kappa shape index (κ3) is 2.86. The first kappa shape index (κ1) is 18.3. The second-order valence-corrected chi connectivity index (χ2v) is 5.98. The van der Waals surface area contributed by atoms with Crippen LogP contribution >= 0.6 is 11.6 Å². The number of rotatable bonds is 3. The van der Waals surface area contributed by atoms with Gasteiger partial charge in [0.25, 0.3) is 11.8 Å². The highest BCUT2D eigenvalue weighted by Crippen LogP contribution is 2.38. The maximum absolute atomic E-state index is 13.7. The summed E-state index contributed by atoms with van der Waals surface area (Å²) in [5.41, 5.74) is -3.52. The van der Waals surface area contributed by atoms with E-state index in [-0.39, 0.29) is 16.4 Å². The molecule has 0 fully saturated rings. The molecule has 1 atom stereocenters. The van der Waals surface area contributed by atoms with E-state index < -0.39 is 29.7 Å². The highest BCUT2D eigenvalue weighted by molar-refractivity contribution is 6.34. The minimum Gasteiger partial charge on any atom is -0.312 e. The summed E-state index contributed by atoms with van der Waals surface area (Å²) >= 11 is 5.84. The highest BCUT2D eigenvalue weighted by Gasteiger charge is 2.66. The Labute approximate surface area is 141 Å². The Morgan fingerprint density at radius 2 is 1.92 bits per heavy atom. The van der Waals surface area contributed by atoms with Gasteiger partial charge in [-0.15, -0.1) is 0 Å². The fraction of sp³-hybridized carbons (Fsp3) is 0.400. The van der Waals surface area contributed by atoms with Crippen LogP contribution in [0.25, 0.3) is 0 Å². The predicted octanol–water partition coefficient (Wildman–Crippen LogP) is 3.00. The number of hydrogen-bond acceptors (Lipinski definition) is 3. The van der Waals surface area contributed by atoms with Crippen molar-refractivity contribution in [3.05, 3.63) is 34.9 Å². The van der Waals surface area contributed by atoms with Gasteiger partial charge in [0.2, 0.25) is 0 Å². The second-order valence-electron chi connectivity index (χ2n) is 5.57.